The summed E-state index contributed by atoms with van der Waals surface area (Å²) in [7, 11) is 0. The number of carbonyl (C=O) groups is 3. The molecule has 8 nitrogen and oxygen atoms in total. The summed E-state index contributed by atoms with van der Waals surface area (Å²) in [5.41, 5.74) is -2.07. The normalized spacial score (nSPS) is 50.4. The molecule has 1 saturated heterocycles. The molecule has 44 heavy (non-hydrogen) atoms. The van der Waals surface area contributed by atoms with Crippen molar-refractivity contribution in [3.8, 4) is 0 Å². The molecular formula is C36H56O8. The Morgan fingerprint density at radius 1 is 0.750 bits per heavy atom. The second-order valence-corrected chi connectivity index (χ2v) is 17.6. The van der Waals surface area contributed by atoms with Crippen LogP contribution < -0.4 is 0 Å². The molecule has 0 aromatic carbocycles. The molecule has 1 N–H and O–H groups in total. The van der Waals surface area contributed by atoms with Crippen molar-refractivity contribution in [2.45, 2.75) is 163 Å². The molecule has 0 aromatic rings. The van der Waals surface area contributed by atoms with E-state index in [-0.39, 0.29) is 87.2 Å². The number of hydrogen-bond acceptors (Lipinski definition) is 8. The van der Waals surface area contributed by atoms with Crippen LogP contribution in [0.4, 0.5) is 0 Å². The molecule has 12 atom stereocenters. The minimum Gasteiger partial charge on any atom is -0.462 e. The van der Waals surface area contributed by atoms with E-state index in [9.17, 15) is 19.5 Å². The molecule has 248 valence electrons. The summed E-state index contributed by atoms with van der Waals surface area (Å²) in [6.07, 6.45) is 7.01. The van der Waals surface area contributed by atoms with Gasteiger partial charge >= 0.3 is 17.9 Å². The van der Waals surface area contributed by atoms with Gasteiger partial charge in [-0.1, -0.05) is 27.7 Å². The minimum atomic E-state index is -0.956. The predicted molar refractivity (Wildman–Crippen MR) is 163 cm³/mol. The number of esters is 3. The molecule has 6 aliphatic rings. The first-order valence-corrected chi connectivity index (χ1v) is 17.1. The van der Waals surface area contributed by atoms with Crippen LogP contribution >= 0.6 is 0 Å². The maximum Gasteiger partial charge on any atom is 0.302 e. The van der Waals surface area contributed by atoms with E-state index in [0.717, 1.165) is 57.8 Å². The lowest BCUT2D eigenvalue weighted by molar-refractivity contribution is -0.224. The van der Waals surface area contributed by atoms with E-state index in [1.54, 1.807) is 0 Å². The number of rotatable bonds is 5. The smallest absolute Gasteiger partial charge is 0.302 e. The van der Waals surface area contributed by atoms with Crippen LogP contribution in [0.5, 0.6) is 0 Å². The van der Waals surface area contributed by atoms with Crippen molar-refractivity contribution in [1.82, 2.24) is 0 Å². The fourth-order valence-corrected chi connectivity index (χ4v) is 13.1. The Labute approximate surface area is 263 Å². The van der Waals surface area contributed by atoms with Gasteiger partial charge in [-0.2, -0.15) is 0 Å². The first-order chi connectivity index (χ1) is 20.2. The zero-order chi connectivity index (χ0) is 32.5. The second-order valence-electron chi connectivity index (χ2n) is 17.6. The highest BCUT2D eigenvalue weighted by Crippen LogP contribution is 2.89. The Balaban J connectivity index is 1.42. The number of carbonyl (C=O) groups excluding carboxylic acids is 3. The van der Waals surface area contributed by atoms with Gasteiger partial charge in [0.05, 0.1) is 17.3 Å². The van der Waals surface area contributed by atoms with Gasteiger partial charge in [0.1, 0.15) is 18.3 Å². The third-order valence-corrected chi connectivity index (χ3v) is 14.6. The van der Waals surface area contributed by atoms with Gasteiger partial charge < -0.3 is 24.1 Å². The quantitative estimate of drug-likeness (QED) is 0.290. The van der Waals surface area contributed by atoms with Crippen molar-refractivity contribution in [1.29, 1.82) is 0 Å². The molecule has 0 radical (unpaired) electrons. The summed E-state index contributed by atoms with van der Waals surface area (Å²) < 4.78 is 25.3. The molecule has 1 aliphatic heterocycles. The van der Waals surface area contributed by atoms with Crippen molar-refractivity contribution in [3.05, 3.63) is 0 Å². The number of fused-ring (bicyclic) bond motifs is 2. The molecule has 0 unspecified atom stereocenters. The van der Waals surface area contributed by atoms with Crippen LogP contribution in [0.3, 0.4) is 0 Å². The van der Waals surface area contributed by atoms with Crippen LogP contribution in [-0.2, 0) is 33.3 Å². The van der Waals surface area contributed by atoms with Crippen LogP contribution in [0.25, 0.3) is 0 Å². The van der Waals surface area contributed by atoms with Crippen molar-refractivity contribution in [2.24, 2.45) is 44.8 Å². The van der Waals surface area contributed by atoms with Crippen LogP contribution in [0.15, 0.2) is 0 Å². The van der Waals surface area contributed by atoms with Gasteiger partial charge in [0.15, 0.2) is 0 Å². The van der Waals surface area contributed by atoms with Crippen LogP contribution in [0.1, 0.15) is 127 Å². The topological polar surface area (TPSA) is 108 Å². The maximum absolute atomic E-state index is 12.7. The SMILES string of the molecule is CC(=O)O[C@H]1C[C@@H]2[C@]3(CC[C@]4(C)[C@H]([C@]5(C)CC[C@H](C(C)(C)O)O5)[C@H](OC(C)=O)C[C@@]24C)C[C@@]32CC[C@@H](OC(C)=O)C(C)(C)[C@@H]12. The molecule has 2 spiro atoms. The predicted octanol–water partition coefficient (Wildman–Crippen LogP) is 6.15. The highest BCUT2D eigenvalue weighted by atomic mass is 16.6. The van der Waals surface area contributed by atoms with Gasteiger partial charge in [0, 0.05) is 38.0 Å². The monoisotopic (exact) mass is 616 g/mol. The van der Waals surface area contributed by atoms with Crippen molar-refractivity contribution >= 4 is 17.9 Å². The van der Waals surface area contributed by atoms with Gasteiger partial charge in [0.2, 0.25) is 0 Å². The summed E-state index contributed by atoms with van der Waals surface area (Å²) in [5.74, 6) is -0.426. The van der Waals surface area contributed by atoms with E-state index in [1.807, 2.05) is 13.8 Å². The van der Waals surface area contributed by atoms with Crippen LogP contribution in [-0.4, -0.2) is 58.6 Å². The minimum absolute atomic E-state index is 0.0231. The van der Waals surface area contributed by atoms with Gasteiger partial charge in [-0.15, -0.1) is 0 Å². The Morgan fingerprint density at radius 2 is 1.36 bits per heavy atom. The molecule has 5 aliphatic carbocycles. The molecule has 0 bridgehead atoms. The van der Waals surface area contributed by atoms with Gasteiger partial charge in [-0.05, 0) is 106 Å². The molecule has 8 heteroatoms. The molecule has 6 rings (SSSR count). The highest BCUT2D eigenvalue weighted by Gasteiger charge is 2.85. The van der Waals surface area contributed by atoms with E-state index in [4.69, 9.17) is 18.9 Å². The zero-order valence-electron chi connectivity index (χ0n) is 28.7. The Bertz CT molecular complexity index is 1240. The average Bonchev–Trinajstić information content (AvgIpc) is 3.21. The van der Waals surface area contributed by atoms with Crippen molar-refractivity contribution < 1.29 is 38.4 Å². The lowest BCUT2D eigenvalue weighted by Gasteiger charge is -2.64. The lowest BCUT2D eigenvalue weighted by Crippen LogP contribution is -2.63. The Morgan fingerprint density at radius 3 is 1.93 bits per heavy atom. The van der Waals surface area contributed by atoms with Gasteiger partial charge in [-0.3, -0.25) is 14.4 Å². The van der Waals surface area contributed by atoms with E-state index < -0.39 is 11.2 Å². The summed E-state index contributed by atoms with van der Waals surface area (Å²) >= 11 is 0. The third-order valence-electron chi connectivity index (χ3n) is 14.6. The lowest BCUT2D eigenvalue weighted by atomic mass is 9.41. The highest BCUT2D eigenvalue weighted by molar-refractivity contribution is 5.67. The third kappa shape index (κ3) is 4.24. The molecule has 6 fully saturated rings. The summed E-state index contributed by atoms with van der Waals surface area (Å²) in [4.78, 5) is 37.4. The zero-order valence-corrected chi connectivity index (χ0v) is 28.7. The molecule has 5 saturated carbocycles. The molecule has 0 aromatic heterocycles. The van der Waals surface area contributed by atoms with Crippen molar-refractivity contribution in [2.75, 3.05) is 0 Å². The first kappa shape index (κ1) is 32.3. The summed E-state index contributed by atoms with van der Waals surface area (Å²) in [5, 5.41) is 10.9. The Kier molecular flexibility index (Phi) is 7.10. The maximum atomic E-state index is 12.7. The molecule has 0 amide bonds. The summed E-state index contributed by atoms with van der Waals surface area (Å²) in [6, 6.07) is 0. The largest absolute Gasteiger partial charge is 0.462 e. The first-order valence-electron chi connectivity index (χ1n) is 17.1. The fourth-order valence-electron chi connectivity index (χ4n) is 13.1. The van der Waals surface area contributed by atoms with E-state index in [2.05, 4.69) is 34.6 Å². The van der Waals surface area contributed by atoms with Gasteiger partial charge in [0.25, 0.3) is 0 Å². The van der Waals surface area contributed by atoms with E-state index in [1.165, 1.54) is 20.8 Å². The second kappa shape index (κ2) is 9.68. The number of aliphatic hydroxyl groups is 1. The fraction of sp³-hybridized carbons (Fsp3) is 0.917. The summed E-state index contributed by atoms with van der Waals surface area (Å²) in [6.45, 7) is 19.6. The Hall–Kier alpha value is -1.67. The van der Waals surface area contributed by atoms with Crippen molar-refractivity contribution in [3.63, 3.8) is 0 Å². The van der Waals surface area contributed by atoms with Crippen LogP contribution in [0.2, 0.25) is 0 Å². The average molecular weight is 617 g/mol. The van der Waals surface area contributed by atoms with E-state index >= 15 is 0 Å². The molecule has 1 heterocycles. The number of hydrogen-bond donors (Lipinski definition) is 1. The standard InChI is InChI=1S/C36H56O8/c1-20(37)41-23-17-25-33(9)18-24(42-21(2)38)29(34(10)13-11-27(44-34)31(6,7)40)32(33,8)15-16-35(25)19-36(35)14-12-26(43-22(3)39)30(4,5)28(23)36/h23-29,40H,11-19H2,1-10H3/t23-,24+,25-,26+,27+,28+,29+,32+,33-,34-,35-,36+/m0/s1. The number of ether oxygens (including phenoxy) is 4. The van der Waals surface area contributed by atoms with Gasteiger partial charge in [-0.25, -0.2) is 0 Å². The molecular weight excluding hydrogens is 560 g/mol. The van der Waals surface area contributed by atoms with Crippen LogP contribution in [0, 0.1) is 44.8 Å². The van der Waals surface area contributed by atoms with E-state index in [0.29, 0.717) is 0 Å².